The molecule has 16 heavy (non-hydrogen) atoms. The average molecular weight is 221 g/mol. The Morgan fingerprint density at radius 3 is 2.25 bits per heavy atom. The van der Waals surface area contributed by atoms with E-state index in [2.05, 4.69) is 18.5 Å². The molecule has 0 bridgehead atoms. The first-order valence-electron chi connectivity index (χ1n) is 5.34. The Kier molecular flexibility index (Phi) is 7.59. The van der Waals surface area contributed by atoms with Crippen LogP contribution >= 0.6 is 0 Å². The number of benzene rings is 1. The minimum atomic E-state index is -0.330. The molecule has 0 radical (unpaired) electrons. The maximum absolute atomic E-state index is 10.7. The summed E-state index contributed by atoms with van der Waals surface area (Å²) in [5.41, 5.74) is 1.09. The van der Waals surface area contributed by atoms with Gasteiger partial charge in [-0.1, -0.05) is 44.2 Å². The van der Waals surface area contributed by atoms with Crippen molar-refractivity contribution in [2.45, 2.75) is 19.9 Å². The van der Waals surface area contributed by atoms with Gasteiger partial charge in [-0.3, -0.25) is 0 Å². The number of hydrogen-bond acceptors (Lipinski definition) is 2. The fourth-order valence-electron chi connectivity index (χ4n) is 1.25. The monoisotopic (exact) mass is 221 g/mol. The van der Waals surface area contributed by atoms with Crippen LogP contribution in [0.15, 0.2) is 43.5 Å². The quantitative estimate of drug-likeness (QED) is 0.739. The molecule has 1 amide bonds. The van der Waals surface area contributed by atoms with Crippen LogP contribution in [0.4, 0.5) is 4.79 Å². The third-order valence-electron chi connectivity index (χ3n) is 1.88. The van der Waals surface area contributed by atoms with Crippen LogP contribution in [0.25, 0.3) is 0 Å². The Morgan fingerprint density at radius 1 is 1.25 bits per heavy atom. The Morgan fingerprint density at radius 2 is 1.81 bits per heavy atom. The van der Waals surface area contributed by atoms with E-state index >= 15 is 0 Å². The maximum Gasteiger partial charge on any atom is 0.407 e. The van der Waals surface area contributed by atoms with E-state index in [1.165, 1.54) is 0 Å². The number of alkyl carbamates (subject to hydrolysis) is 1. The maximum atomic E-state index is 10.7. The predicted octanol–water partition coefficient (Wildman–Crippen LogP) is 3.30. The van der Waals surface area contributed by atoms with Crippen LogP contribution in [0.3, 0.4) is 0 Å². The second-order valence-electron chi connectivity index (χ2n) is 2.71. The molecule has 0 aromatic heterocycles. The zero-order chi connectivity index (χ0) is 12.4. The standard InChI is InChI=1S/C9H9NO2.C2H6.C2H4/c11-9-10-8(6-12-9)7-4-2-1-3-5-7;2*1-2/h1-5,8H,6H2,(H,10,11);1-2H3;1-2H2. The number of carbonyl (C=O) groups excluding carboxylic acids is 1. The lowest BCUT2D eigenvalue weighted by Gasteiger charge is -2.05. The van der Waals surface area contributed by atoms with Crippen LogP contribution in [-0.4, -0.2) is 12.7 Å². The highest BCUT2D eigenvalue weighted by Crippen LogP contribution is 2.16. The van der Waals surface area contributed by atoms with E-state index in [0.717, 1.165) is 5.56 Å². The summed E-state index contributed by atoms with van der Waals surface area (Å²) in [6.45, 7) is 10.4. The second-order valence-corrected chi connectivity index (χ2v) is 2.71. The molecule has 1 saturated heterocycles. The van der Waals surface area contributed by atoms with E-state index in [0.29, 0.717) is 6.61 Å². The van der Waals surface area contributed by atoms with Crippen molar-refractivity contribution in [1.29, 1.82) is 0 Å². The van der Waals surface area contributed by atoms with Gasteiger partial charge in [-0.2, -0.15) is 0 Å². The summed E-state index contributed by atoms with van der Waals surface area (Å²) in [6, 6.07) is 9.80. The number of amides is 1. The van der Waals surface area contributed by atoms with Crippen LogP contribution in [-0.2, 0) is 4.74 Å². The van der Waals surface area contributed by atoms with Gasteiger partial charge in [0, 0.05) is 0 Å². The zero-order valence-corrected chi connectivity index (χ0v) is 9.90. The Bertz CT molecular complexity index is 298. The van der Waals surface area contributed by atoms with Gasteiger partial charge in [0.1, 0.15) is 6.61 Å². The van der Waals surface area contributed by atoms with E-state index in [9.17, 15) is 4.79 Å². The van der Waals surface area contributed by atoms with E-state index in [1.807, 2.05) is 44.2 Å². The number of rotatable bonds is 1. The van der Waals surface area contributed by atoms with Crippen molar-refractivity contribution in [3.05, 3.63) is 49.1 Å². The molecule has 1 heterocycles. The summed E-state index contributed by atoms with van der Waals surface area (Å²) in [6.07, 6.45) is -0.330. The summed E-state index contributed by atoms with van der Waals surface area (Å²) in [5, 5.41) is 2.71. The topological polar surface area (TPSA) is 38.3 Å². The fourth-order valence-corrected chi connectivity index (χ4v) is 1.25. The molecule has 0 saturated carbocycles. The molecule has 1 aliphatic heterocycles. The van der Waals surface area contributed by atoms with Crippen molar-refractivity contribution < 1.29 is 9.53 Å². The molecule has 1 unspecified atom stereocenters. The van der Waals surface area contributed by atoms with Crippen molar-refractivity contribution in [3.8, 4) is 0 Å². The number of cyclic esters (lactones) is 1. The van der Waals surface area contributed by atoms with Gasteiger partial charge in [-0.15, -0.1) is 13.2 Å². The summed E-state index contributed by atoms with van der Waals surface area (Å²) in [5.74, 6) is 0. The molecule has 1 atom stereocenters. The normalized spacial score (nSPS) is 16.9. The Labute approximate surface area is 97.1 Å². The van der Waals surface area contributed by atoms with Crippen LogP contribution in [0, 0.1) is 0 Å². The van der Waals surface area contributed by atoms with Crippen molar-refractivity contribution in [2.24, 2.45) is 0 Å². The van der Waals surface area contributed by atoms with Crippen molar-refractivity contribution in [1.82, 2.24) is 5.32 Å². The molecular formula is C13H19NO2. The fraction of sp³-hybridized carbons (Fsp3) is 0.308. The first-order chi connectivity index (χ1) is 7.86. The van der Waals surface area contributed by atoms with E-state index in [1.54, 1.807) is 0 Å². The molecule has 1 aromatic carbocycles. The van der Waals surface area contributed by atoms with Gasteiger partial charge < -0.3 is 10.1 Å². The number of carbonyl (C=O) groups is 1. The van der Waals surface area contributed by atoms with Crippen LogP contribution < -0.4 is 5.32 Å². The molecule has 0 aliphatic carbocycles. The molecule has 1 N–H and O–H groups in total. The Balaban J connectivity index is 0.000000509. The molecule has 2 rings (SSSR count). The predicted molar refractivity (Wildman–Crippen MR) is 66.3 cm³/mol. The van der Waals surface area contributed by atoms with Crippen LogP contribution in [0.2, 0.25) is 0 Å². The highest BCUT2D eigenvalue weighted by Gasteiger charge is 2.22. The third kappa shape index (κ3) is 4.17. The minimum Gasteiger partial charge on any atom is -0.447 e. The third-order valence-corrected chi connectivity index (χ3v) is 1.88. The lowest BCUT2D eigenvalue weighted by Crippen LogP contribution is -2.17. The van der Waals surface area contributed by atoms with Crippen LogP contribution in [0.5, 0.6) is 0 Å². The van der Waals surface area contributed by atoms with Crippen molar-refractivity contribution in [3.63, 3.8) is 0 Å². The second kappa shape index (κ2) is 8.53. The first-order valence-corrected chi connectivity index (χ1v) is 5.34. The summed E-state index contributed by atoms with van der Waals surface area (Å²) >= 11 is 0. The van der Waals surface area contributed by atoms with E-state index in [4.69, 9.17) is 4.74 Å². The van der Waals surface area contributed by atoms with Gasteiger partial charge in [0.05, 0.1) is 6.04 Å². The molecule has 0 spiro atoms. The van der Waals surface area contributed by atoms with Gasteiger partial charge in [0.2, 0.25) is 0 Å². The highest BCUT2D eigenvalue weighted by atomic mass is 16.6. The lowest BCUT2D eigenvalue weighted by molar-refractivity contribution is 0.177. The minimum absolute atomic E-state index is 0.0266. The van der Waals surface area contributed by atoms with Crippen molar-refractivity contribution in [2.75, 3.05) is 6.61 Å². The molecule has 1 fully saturated rings. The zero-order valence-electron chi connectivity index (χ0n) is 9.90. The van der Waals surface area contributed by atoms with Gasteiger partial charge in [0.15, 0.2) is 0 Å². The first kappa shape index (κ1) is 14.2. The highest BCUT2D eigenvalue weighted by molar-refractivity contribution is 5.70. The SMILES string of the molecule is C=C.CC.O=C1NC(c2ccccc2)CO1. The average Bonchev–Trinajstić information content (AvgIpc) is 2.82. The van der Waals surface area contributed by atoms with E-state index in [-0.39, 0.29) is 12.1 Å². The Hall–Kier alpha value is -1.77. The van der Waals surface area contributed by atoms with Crippen molar-refractivity contribution >= 4 is 6.09 Å². The van der Waals surface area contributed by atoms with Crippen LogP contribution in [0.1, 0.15) is 25.5 Å². The summed E-state index contributed by atoms with van der Waals surface area (Å²) in [7, 11) is 0. The number of ether oxygens (including phenoxy) is 1. The number of nitrogens with one attached hydrogen (secondary N) is 1. The molecule has 3 heteroatoms. The van der Waals surface area contributed by atoms with Gasteiger partial charge >= 0.3 is 6.09 Å². The summed E-state index contributed by atoms with van der Waals surface area (Å²) < 4.78 is 4.77. The van der Waals surface area contributed by atoms with Gasteiger partial charge in [-0.25, -0.2) is 4.79 Å². The molecule has 3 nitrogen and oxygen atoms in total. The smallest absolute Gasteiger partial charge is 0.407 e. The molecule has 88 valence electrons. The number of hydrogen-bond donors (Lipinski definition) is 1. The summed E-state index contributed by atoms with van der Waals surface area (Å²) in [4.78, 5) is 10.7. The largest absolute Gasteiger partial charge is 0.447 e. The van der Waals surface area contributed by atoms with Gasteiger partial charge in [0.25, 0.3) is 0 Å². The molecular weight excluding hydrogens is 202 g/mol. The van der Waals surface area contributed by atoms with Gasteiger partial charge in [-0.05, 0) is 5.56 Å². The van der Waals surface area contributed by atoms with E-state index < -0.39 is 0 Å². The lowest BCUT2D eigenvalue weighted by atomic mass is 10.1. The molecule has 1 aromatic rings. The molecule has 1 aliphatic rings.